The molecular weight excluding hydrogens is 492 g/mol. The fourth-order valence-electron chi connectivity index (χ4n) is 4.59. The van der Waals surface area contributed by atoms with Crippen LogP contribution in [0.25, 0.3) is 0 Å². The predicted octanol–water partition coefficient (Wildman–Crippen LogP) is 0.725. The molecule has 3 rings (SSSR count). The molecule has 0 bridgehead atoms. The summed E-state index contributed by atoms with van der Waals surface area (Å²) in [6.07, 6.45) is 0.801. The van der Waals surface area contributed by atoms with Crippen molar-refractivity contribution in [2.24, 2.45) is 0 Å². The number of hydrogen-bond donors (Lipinski definition) is 7. The Labute approximate surface area is 223 Å². The van der Waals surface area contributed by atoms with Crippen LogP contribution in [0.5, 0.6) is 5.75 Å². The first-order valence-electron chi connectivity index (χ1n) is 12.8. The number of aliphatic hydroxyl groups excluding tert-OH is 5. The Morgan fingerprint density at radius 3 is 2.32 bits per heavy atom. The van der Waals surface area contributed by atoms with E-state index in [1.54, 1.807) is 7.11 Å². The number of aliphatic hydroxyl groups is 5. The van der Waals surface area contributed by atoms with Gasteiger partial charge in [0.25, 0.3) is 0 Å². The van der Waals surface area contributed by atoms with Crippen LogP contribution in [0, 0.1) is 6.92 Å². The lowest BCUT2D eigenvalue weighted by atomic mass is 9.91. The molecule has 0 radical (unpaired) electrons. The summed E-state index contributed by atoms with van der Waals surface area (Å²) in [5.41, 5.74) is 3.71. The molecule has 3 atom stereocenters. The number of rotatable bonds is 12. The molecule has 10 nitrogen and oxygen atoms in total. The lowest BCUT2D eigenvalue weighted by molar-refractivity contribution is -0.114. The maximum Gasteiger partial charge on any atom is 0.315 e. The number of ether oxygens (including phenoxy) is 2. The number of carbonyl (C=O) groups is 1. The summed E-state index contributed by atoms with van der Waals surface area (Å²) in [7, 11) is 1.61. The molecule has 1 heterocycles. The van der Waals surface area contributed by atoms with Crippen LogP contribution in [0.2, 0.25) is 0 Å². The van der Waals surface area contributed by atoms with Crippen molar-refractivity contribution < 1.29 is 39.8 Å². The molecule has 2 aromatic carbocycles. The molecular formula is C28H40N2O8. The molecule has 0 aromatic heterocycles. The maximum absolute atomic E-state index is 12.1. The van der Waals surface area contributed by atoms with Crippen LogP contribution in [0.4, 0.5) is 4.79 Å². The highest BCUT2D eigenvalue weighted by atomic mass is 16.5. The van der Waals surface area contributed by atoms with Crippen LogP contribution < -0.4 is 15.4 Å². The second kappa shape index (κ2) is 13.9. The second-order valence-electron chi connectivity index (χ2n) is 9.95. The number of nitrogens with one attached hydrogen (secondary N) is 2. The number of amides is 2. The van der Waals surface area contributed by atoms with Gasteiger partial charge in [0.2, 0.25) is 0 Å². The zero-order valence-electron chi connectivity index (χ0n) is 22.0. The van der Waals surface area contributed by atoms with Gasteiger partial charge >= 0.3 is 6.03 Å². The Bertz CT molecular complexity index is 1030. The summed E-state index contributed by atoms with van der Waals surface area (Å²) in [6.45, 7) is 0.482. The minimum Gasteiger partial charge on any atom is -0.496 e. The molecule has 2 amide bonds. The van der Waals surface area contributed by atoms with Crippen molar-refractivity contribution in [3.8, 4) is 5.75 Å². The Hall–Kier alpha value is -2.73. The van der Waals surface area contributed by atoms with Gasteiger partial charge in [-0.05, 0) is 54.2 Å². The van der Waals surface area contributed by atoms with E-state index in [-0.39, 0.29) is 12.7 Å². The van der Waals surface area contributed by atoms with Gasteiger partial charge in [0.05, 0.1) is 51.8 Å². The highest BCUT2D eigenvalue weighted by Gasteiger charge is 2.31. The van der Waals surface area contributed by atoms with Gasteiger partial charge in [-0.25, -0.2) is 4.79 Å². The van der Waals surface area contributed by atoms with Crippen molar-refractivity contribution in [1.29, 1.82) is 0 Å². The molecule has 38 heavy (non-hydrogen) atoms. The largest absolute Gasteiger partial charge is 0.496 e. The number of aryl methyl sites for hydroxylation is 1. The van der Waals surface area contributed by atoms with Crippen molar-refractivity contribution in [1.82, 2.24) is 10.6 Å². The molecule has 1 aliphatic rings. The van der Waals surface area contributed by atoms with Crippen LogP contribution >= 0.6 is 0 Å². The topological polar surface area (TPSA) is 161 Å². The molecule has 210 valence electrons. The molecule has 7 N–H and O–H groups in total. The highest BCUT2D eigenvalue weighted by molar-refractivity contribution is 5.74. The van der Waals surface area contributed by atoms with E-state index in [0.29, 0.717) is 38.0 Å². The summed E-state index contributed by atoms with van der Waals surface area (Å²) >= 11 is 0. The second-order valence-corrected chi connectivity index (χ2v) is 9.95. The average Bonchev–Trinajstić information content (AvgIpc) is 2.93. The zero-order valence-corrected chi connectivity index (χ0v) is 22.0. The van der Waals surface area contributed by atoms with Crippen molar-refractivity contribution in [3.05, 3.63) is 64.2 Å². The monoisotopic (exact) mass is 532 g/mol. The minimum atomic E-state index is -1.46. The smallest absolute Gasteiger partial charge is 0.315 e. The molecule has 1 fully saturated rings. The van der Waals surface area contributed by atoms with Crippen molar-refractivity contribution >= 4 is 6.03 Å². The Kier molecular flexibility index (Phi) is 10.9. The molecule has 2 aromatic rings. The van der Waals surface area contributed by atoms with Gasteiger partial charge in [-0.15, -0.1) is 0 Å². The lowest BCUT2D eigenvalue weighted by Crippen LogP contribution is -2.59. The van der Waals surface area contributed by atoms with Crippen molar-refractivity contribution in [2.75, 3.05) is 40.1 Å². The molecule has 0 spiro atoms. The standard InChI is InChI=1S/C28H40N2O8/c1-18-9-25(37-2)24(26-13-22(35)12-23(14-31)38-26)11-21(18)10-20-5-3-19(4-6-20)7-8-29-27(36)30-28(15-32,16-33)17-34/h3-6,9,11,22-23,26,31-35H,7-8,10,12-17H2,1-2H3,(H2,29,30,36)/t22-,23-,26+/m0/s1. The number of carbonyl (C=O) groups excluding carboxylic acids is 1. The third-order valence-corrected chi connectivity index (χ3v) is 7.02. The third-order valence-electron chi connectivity index (χ3n) is 7.02. The normalized spacial score (nSPS) is 19.7. The van der Waals surface area contributed by atoms with Crippen LogP contribution in [0.15, 0.2) is 36.4 Å². The van der Waals surface area contributed by atoms with Gasteiger partial charge in [-0.1, -0.05) is 24.3 Å². The van der Waals surface area contributed by atoms with Crippen molar-refractivity contribution in [2.45, 2.75) is 56.5 Å². The first-order valence-corrected chi connectivity index (χ1v) is 12.8. The van der Waals surface area contributed by atoms with Gasteiger partial charge in [0.1, 0.15) is 11.3 Å². The van der Waals surface area contributed by atoms with Crippen LogP contribution in [-0.4, -0.2) is 89.4 Å². The van der Waals surface area contributed by atoms with Crippen LogP contribution in [0.3, 0.4) is 0 Å². The molecule has 0 saturated carbocycles. The highest BCUT2D eigenvalue weighted by Crippen LogP contribution is 2.38. The van der Waals surface area contributed by atoms with E-state index in [1.807, 2.05) is 37.3 Å². The third kappa shape index (κ3) is 7.66. The van der Waals surface area contributed by atoms with Gasteiger partial charge in [0.15, 0.2) is 0 Å². The zero-order chi connectivity index (χ0) is 27.7. The molecule has 0 aliphatic carbocycles. The number of methoxy groups -OCH3 is 1. The van der Waals surface area contributed by atoms with Gasteiger partial charge in [-0.2, -0.15) is 0 Å². The molecule has 0 unspecified atom stereocenters. The van der Waals surface area contributed by atoms with E-state index in [1.165, 1.54) is 0 Å². The number of urea groups is 1. The summed E-state index contributed by atoms with van der Waals surface area (Å²) in [4.78, 5) is 12.1. The van der Waals surface area contributed by atoms with E-state index in [9.17, 15) is 30.3 Å². The summed E-state index contributed by atoms with van der Waals surface area (Å²) < 4.78 is 11.6. The first-order chi connectivity index (χ1) is 18.3. The summed E-state index contributed by atoms with van der Waals surface area (Å²) in [5.74, 6) is 0.697. The first kappa shape index (κ1) is 29.8. The summed E-state index contributed by atoms with van der Waals surface area (Å²) in [6, 6.07) is 11.5. The Balaban J connectivity index is 1.62. The number of benzene rings is 2. The van der Waals surface area contributed by atoms with E-state index in [2.05, 4.69) is 16.7 Å². The van der Waals surface area contributed by atoms with Crippen molar-refractivity contribution in [3.63, 3.8) is 0 Å². The number of hydrogen-bond acceptors (Lipinski definition) is 8. The van der Waals surface area contributed by atoms with E-state index < -0.39 is 43.6 Å². The van der Waals surface area contributed by atoms with E-state index >= 15 is 0 Å². The van der Waals surface area contributed by atoms with E-state index in [0.717, 1.165) is 27.8 Å². The Morgan fingerprint density at radius 1 is 1.05 bits per heavy atom. The minimum absolute atomic E-state index is 0.143. The predicted molar refractivity (Wildman–Crippen MR) is 141 cm³/mol. The lowest BCUT2D eigenvalue weighted by Gasteiger charge is -2.33. The quantitative estimate of drug-likeness (QED) is 0.211. The average molecular weight is 533 g/mol. The van der Waals surface area contributed by atoms with Gasteiger partial charge in [0, 0.05) is 24.9 Å². The molecule has 1 saturated heterocycles. The SMILES string of the molecule is COc1cc(C)c(Cc2ccc(CCNC(=O)NC(CO)(CO)CO)cc2)cc1[C@H]1C[C@@H](O)C[C@@H](CO)O1. The fourth-order valence-corrected chi connectivity index (χ4v) is 4.59. The summed E-state index contributed by atoms with van der Waals surface area (Å²) in [5, 5.41) is 52.9. The van der Waals surface area contributed by atoms with Gasteiger partial charge in [-0.3, -0.25) is 0 Å². The Morgan fingerprint density at radius 2 is 1.71 bits per heavy atom. The molecule has 10 heteroatoms. The van der Waals surface area contributed by atoms with Gasteiger partial charge < -0.3 is 45.6 Å². The fraction of sp³-hybridized carbons (Fsp3) is 0.536. The van der Waals surface area contributed by atoms with Crippen LogP contribution in [-0.2, 0) is 17.6 Å². The van der Waals surface area contributed by atoms with Crippen LogP contribution in [0.1, 0.15) is 46.8 Å². The van der Waals surface area contributed by atoms with E-state index in [4.69, 9.17) is 9.47 Å². The maximum atomic E-state index is 12.1. The molecule has 1 aliphatic heterocycles.